The molecule has 0 heterocycles. The molecule has 0 aliphatic rings. The van der Waals surface area contributed by atoms with Gasteiger partial charge in [0, 0.05) is 18.1 Å². The number of benzene rings is 1. The van der Waals surface area contributed by atoms with Crippen LogP contribution in [0.25, 0.3) is 0 Å². The second-order valence-corrected chi connectivity index (χ2v) is 5.21. The standard InChI is InChI=1S/C13H20N2O3/c1-13(2,3)10-7-9(8-11(14)12(10)16)18-6-4-5-15-17/h7-8,16H,4-6,14H2,1-3H3. The van der Waals surface area contributed by atoms with Crippen LogP contribution in [0.1, 0.15) is 32.8 Å². The number of nitrogens with two attached hydrogens (primary N) is 1. The summed E-state index contributed by atoms with van der Waals surface area (Å²) in [5, 5.41) is 12.7. The van der Waals surface area contributed by atoms with Crippen LogP contribution < -0.4 is 10.5 Å². The van der Waals surface area contributed by atoms with Crippen LogP contribution in [0.2, 0.25) is 0 Å². The summed E-state index contributed by atoms with van der Waals surface area (Å²) in [6.07, 6.45) is 0.565. The average molecular weight is 252 g/mol. The zero-order chi connectivity index (χ0) is 13.8. The number of nitroso groups, excluding NO2 is 1. The third kappa shape index (κ3) is 3.61. The number of phenolic OH excluding ortho intramolecular Hbond substituents is 1. The Balaban J connectivity index is 2.88. The molecule has 0 spiro atoms. The maximum atomic E-state index is 9.94. The second kappa shape index (κ2) is 5.71. The SMILES string of the molecule is CC(C)(C)c1cc(OCCCN=O)cc(N)c1O. The van der Waals surface area contributed by atoms with Crippen LogP contribution in [-0.4, -0.2) is 18.3 Å². The highest BCUT2D eigenvalue weighted by atomic mass is 16.5. The molecule has 0 bridgehead atoms. The molecule has 0 saturated carbocycles. The molecule has 0 radical (unpaired) electrons. The van der Waals surface area contributed by atoms with Crippen molar-refractivity contribution >= 4 is 5.69 Å². The zero-order valence-corrected chi connectivity index (χ0v) is 11.1. The molecule has 1 aromatic rings. The Hall–Kier alpha value is -1.78. The van der Waals surface area contributed by atoms with Gasteiger partial charge in [-0.05, 0) is 11.5 Å². The molecule has 0 amide bonds. The van der Waals surface area contributed by atoms with E-state index in [0.717, 1.165) is 5.56 Å². The van der Waals surface area contributed by atoms with E-state index in [2.05, 4.69) is 5.18 Å². The lowest BCUT2D eigenvalue weighted by Gasteiger charge is -2.22. The van der Waals surface area contributed by atoms with E-state index in [-0.39, 0.29) is 17.7 Å². The third-order valence-corrected chi connectivity index (χ3v) is 2.58. The molecule has 1 rings (SSSR count). The normalized spacial score (nSPS) is 11.3. The predicted octanol–water partition coefficient (Wildman–Crippen LogP) is 2.81. The zero-order valence-electron chi connectivity index (χ0n) is 11.1. The van der Waals surface area contributed by atoms with Crippen molar-refractivity contribution in [3.8, 4) is 11.5 Å². The number of hydrogen-bond donors (Lipinski definition) is 2. The molecule has 3 N–H and O–H groups in total. The van der Waals surface area contributed by atoms with Gasteiger partial charge in [-0.2, -0.15) is 4.91 Å². The first-order valence-electron chi connectivity index (χ1n) is 5.91. The summed E-state index contributed by atoms with van der Waals surface area (Å²) in [6.45, 7) is 6.60. The van der Waals surface area contributed by atoms with Crippen molar-refractivity contribution in [1.82, 2.24) is 0 Å². The van der Waals surface area contributed by atoms with Crippen LogP contribution in [0.3, 0.4) is 0 Å². The van der Waals surface area contributed by atoms with Crippen molar-refractivity contribution in [3.63, 3.8) is 0 Å². The van der Waals surface area contributed by atoms with Crippen molar-refractivity contribution in [1.29, 1.82) is 0 Å². The molecular formula is C13H20N2O3. The molecule has 18 heavy (non-hydrogen) atoms. The van der Waals surface area contributed by atoms with Gasteiger partial charge in [-0.3, -0.25) is 0 Å². The number of nitrogen functional groups attached to an aromatic ring is 1. The van der Waals surface area contributed by atoms with Gasteiger partial charge < -0.3 is 15.6 Å². The molecule has 0 fully saturated rings. The molecule has 0 aliphatic heterocycles. The Bertz CT molecular complexity index is 425. The Morgan fingerprint density at radius 3 is 2.61 bits per heavy atom. The Morgan fingerprint density at radius 1 is 1.39 bits per heavy atom. The molecule has 0 saturated heterocycles. The van der Waals surface area contributed by atoms with Crippen LogP contribution >= 0.6 is 0 Å². The van der Waals surface area contributed by atoms with Crippen LogP contribution in [0.5, 0.6) is 11.5 Å². The summed E-state index contributed by atoms with van der Waals surface area (Å²) >= 11 is 0. The van der Waals surface area contributed by atoms with E-state index in [1.54, 1.807) is 12.1 Å². The fraction of sp³-hybridized carbons (Fsp3) is 0.538. The summed E-state index contributed by atoms with van der Waals surface area (Å²) < 4.78 is 5.49. The highest BCUT2D eigenvalue weighted by Crippen LogP contribution is 2.38. The van der Waals surface area contributed by atoms with Gasteiger partial charge in [-0.1, -0.05) is 25.9 Å². The first kappa shape index (κ1) is 14.3. The molecule has 5 nitrogen and oxygen atoms in total. The van der Waals surface area contributed by atoms with Crippen molar-refractivity contribution in [3.05, 3.63) is 22.6 Å². The third-order valence-electron chi connectivity index (χ3n) is 2.58. The van der Waals surface area contributed by atoms with E-state index in [0.29, 0.717) is 24.5 Å². The minimum absolute atomic E-state index is 0.101. The van der Waals surface area contributed by atoms with Crippen LogP contribution in [0.15, 0.2) is 17.3 Å². The number of aromatic hydroxyl groups is 1. The van der Waals surface area contributed by atoms with Crippen LogP contribution in [-0.2, 0) is 5.41 Å². The molecule has 5 heteroatoms. The van der Waals surface area contributed by atoms with Gasteiger partial charge >= 0.3 is 0 Å². The molecule has 0 aliphatic carbocycles. The van der Waals surface area contributed by atoms with Gasteiger partial charge in [0.2, 0.25) is 0 Å². The van der Waals surface area contributed by atoms with E-state index in [9.17, 15) is 10.0 Å². The topological polar surface area (TPSA) is 84.9 Å². The Morgan fingerprint density at radius 2 is 2.06 bits per heavy atom. The molecule has 1 aromatic carbocycles. The predicted molar refractivity (Wildman–Crippen MR) is 72.0 cm³/mol. The lowest BCUT2D eigenvalue weighted by atomic mass is 9.86. The minimum Gasteiger partial charge on any atom is -0.505 e. The molecular weight excluding hydrogens is 232 g/mol. The van der Waals surface area contributed by atoms with Crippen molar-refractivity contribution in [2.45, 2.75) is 32.6 Å². The molecule has 100 valence electrons. The van der Waals surface area contributed by atoms with Crippen LogP contribution in [0.4, 0.5) is 5.69 Å². The Kier molecular flexibility index (Phi) is 4.53. The highest BCUT2D eigenvalue weighted by molar-refractivity contribution is 5.61. The van der Waals surface area contributed by atoms with Gasteiger partial charge in [-0.15, -0.1) is 0 Å². The number of hydrogen-bond acceptors (Lipinski definition) is 5. The first-order chi connectivity index (χ1) is 8.36. The summed E-state index contributed by atoms with van der Waals surface area (Å²) in [5.41, 5.74) is 6.57. The maximum Gasteiger partial charge on any atom is 0.142 e. The smallest absolute Gasteiger partial charge is 0.142 e. The van der Waals surface area contributed by atoms with Crippen molar-refractivity contribution < 1.29 is 9.84 Å². The number of nitrogens with zero attached hydrogens (tertiary/aromatic N) is 1. The number of anilines is 1. The summed E-state index contributed by atoms with van der Waals surface area (Å²) in [5.74, 6) is 0.700. The summed E-state index contributed by atoms with van der Waals surface area (Å²) in [4.78, 5) is 9.94. The van der Waals surface area contributed by atoms with Crippen molar-refractivity contribution in [2.75, 3.05) is 18.9 Å². The quantitative estimate of drug-likeness (QED) is 0.365. The van der Waals surface area contributed by atoms with Gasteiger partial charge in [0.1, 0.15) is 11.5 Å². The van der Waals surface area contributed by atoms with E-state index in [1.165, 1.54) is 0 Å². The van der Waals surface area contributed by atoms with E-state index < -0.39 is 0 Å². The van der Waals surface area contributed by atoms with Gasteiger partial charge in [-0.25, -0.2) is 0 Å². The fourth-order valence-electron chi connectivity index (χ4n) is 1.60. The van der Waals surface area contributed by atoms with E-state index in [4.69, 9.17) is 10.5 Å². The minimum atomic E-state index is -0.220. The monoisotopic (exact) mass is 252 g/mol. The van der Waals surface area contributed by atoms with Gasteiger partial charge in [0.05, 0.1) is 18.8 Å². The maximum absolute atomic E-state index is 9.94. The number of ether oxygens (including phenoxy) is 1. The van der Waals surface area contributed by atoms with E-state index >= 15 is 0 Å². The highest BCUT2D eigenvalue weighted by Gasteiger charge is 2.20. The summed E-state index contributed by atoms with van der Waals surface area (Å²) in [6, 6.07) is 3.36. The lowest BCUT2D eigenvalue weighted by molar-refractivity contribution is 0.312. The van der Waals surface area contributed by atoms with Crippen LogP contribution in [0, 0.1) is 4.91 Å². The Labute approximate surface area is 107 Å². The average Bonchev–Trinajstić information content (AvgIpc) is 2.27. The molecule has 0 atom stereocenters. The molecule has 0 unspecified atom stereocenters. The number of rotatable bonds is 5. The largest absolute Gasteiger partial charge is 0.505 e. The number of phenols is 1. The van der Waals surface area contributed by atoms with Gasteiger partial charge in [0.15, 0.2) is 0 Å². The van der Waals surface area contributed by atoms with E-state index in [1.807, 2.05) is 20.8 Å². The van der Waals surface area contributed by atoms with Crippen molar-refractivity contribution in [2.24, 2.45) is 5.18 Å². The molecule has 0 aromatic heterocycles. The summed E-state index contributed by atoms with van der Waals surface area (Å²) in [7, 11) is 0. The fourth-order valence-corrected chi connectivity index (χ4v) is 1.60. The second-order valence-electron chi connectivity index (χ2n) is 5.21. The van der Waals surface area contributed by atoms with Gasteiger partial charge in [0.25, 0.3) is 0 Å². The lowest BCUT2D eigenvalue weighted by Crippen LogP contribution is -2.12. The first-order valence-corrected chi connectivity index (χ1v) is 5.91.